The number of carbonyl (C=O) groups is 1. The van der Waals surface area contributed by atoms with Crippen molar-refractivity contribution in [2.45, 2.75) is 20.8 Å². The van der Waals surface area contributed by atoms with Crippen molar-refractivity contribution in [3.63, 3.8) is 0 Å². The summed E-state index contributed by atoms with van der Waals surface area (Å²) in [7, 11) is -3.55. The van der Waals surface area contributed by atoms with Gasteiger partial charge in [0.05, 0.1) is 0 Å². The van der Waals surface area contributed by atoms with Gasteiger partial charge in [-0.25, -0.2) is 13.1 Å². The number of hydrogen-bond donors (Lipinski definition) is 1. The Balaban J connectivity index is 0. The first-order valence-electron chi connectivity index (χ1n) is 3.14. The predicted octanol–water partition coefficient (Wildman–Crippen LogP) is 0.622. The lowest BCUT2D eigenvalue weighted by Crippen LogP contribution is -2.25. The molecule has 1 amide bonds. The van der Waals surface area contributed by atoms with Crippen LogP contribution in [0.25, 0.3) is 0 Å². The Bertz CT molecular complexity index is 218. The molecule has 0 atom stereocenters. The van der Waals surface area contributed by atoms with Crippen LogP contribution in [0.15, 0.2) is 12.0 Å². The van der Waals surface area contributed by atoms with Gasteiger partial charge < -0.3 is 0 Å². The molecular formula is C6H13NO3S. The van der Waals surface area contributed by atoms with Crippen molar-refractivity contribution >= 4 is 15.9 Å². The summed E-state index contributed by atoms with van der Waals surface area (Å²) in [6.45, 7) is 8.09. The van der Waals surface area contributed by atoms with Crippen molar-refractivity contribution in [2.24, 2.45) is 0 Å². The van der Waals surface area contributed by atoms with Gasteiger partial charge in [-0.2, -0.15) is 0 Å². The molecule has 5 heteroatoms. The second-order valence-corrected chi connectivity index (χ2v) is 3.00. The standard InChI is InChI=1S/C4H7NO3S.C2H6/c1-3-9(7,8)5-4(2)6;1-2/h3H,1H2,2H3,(H,5,6);1-2H3. The highest BCUT2D eigenvalue weighted by Crippen LogP contribution is 1.81. The summed E-state index contributed by atoms with van der Waals surface area (Å²) in [5.41, 5.74) is 0. The highest BCUT2D eigenvalue weighted by Gasteiger charge is 2.03. The second kappa shape index (κ2) is 5.91. The molecular weight excluding hydrogens is 166 g/mol. The van der Waals surface area contributed by atoms with E-state index in [1.54, 1.807) is 4.72 Å². The van der Waals surface area contributed by atoms with Gasteiger partial charge in [0.2, 0.25) is 5.91 Å². The molecule has 0 saturated carbocycles. The number of rotatable bonds is 2. The first-order chi connectivity index (χ1) is 4.98. The number of amides is 1. The first-order valence-corrected chi connectivity index (χ1v) is 4.68. The maximum Gasteiger partial charge on any atom is 0.256 e. The van der Waals surface area contributed by atoms with E-state index < -0.39 is 15.9 Å². The quantitative estimate of drug-likeness (QED) is 0.676. The Kier molecular flexibility index (Phi) is 6.88. The minimum atomic E-state index is -3.55. The van der Waals surface area contributed by atoms with E-state index >= 15 is 0 Å². The van der Waals surface area contributed by atoms with Crippen LogP contribution in [0.1, 0.15) is 20.8 Å². The Morgan fingerprint density at radius 2 is 1.82 bits per heavy atom. The molecule has 0 unspecified atom stereocenters. The number of carbonyl (C=O) groups excluding carboxylic acids is 1. The lowest BCUT2D eigenvalue weighted by atomic mass is 10.8. The summed E-state index contributed by atoms with van der Waals surface area (Å²) < 4.78 is 22.4. The van der Waals surface area contributed by atoms with Gasteiger partial charge in [-0.05, 0) is 0 Å². The van der Waals surface area contributed by atoms with Gasteiger partial charge in [0, 0.05) is 12.3 Å². The van der Waals surface area contributed by atoms with E-state index in [2.05, 4.69) is 6.58 Å². The Morgan fingerprint density at radius 1 is 1.45 bits per heavy atom. The van der Waals surface area contributed by atoms with E-state index in [4.69, 9.17) is 0 Å². The molecule has 0 fully saturated rings. The van der Waals surface area contributed by atoms with Gasteiger partial charge >= 0.3 is 0 Å². The lowest BCUT2D eigenvalue weighted by Gasteiger charge is -1.94. The molecule has 0 aromatic rings. The molecule has 0 aliphatic carbocycles. The van der Waals surface area contributed by atoms with Crippen molar-refractivity contribution < 1.29 is 13.2 Å². The van der Waals surface area contributed by atoms with Crippen LogP contribution in [0.2, 0.25) is 0 Å². The van der Waals surface area contributed by atoms with Gasteiger partial charge in [-0.3, -0.25) is 4.79 Å². The molecule has 0 heterocycles. The Hall–Kier alpha value is -0.840. The zero-order chi connectivity index (χ0) is 9.49. The smallest absolute Gasteiger partial charge is 0.256 e. The monoisotopic (exact) mass is 179 g/mol. The molecule has 11 heavy (non-hydrogen) atoms. The van der Waals surface area contributed by atoms with Crippen molar-refractivity contribution in [1.29, 1.82) is 0 Å². The fraction of sp³-hybridized carbons (Fsp3) is 0.500. The van der Waals surface area contributed by atoms with Crippen LogP contribution in [0.4, 0.5) is 0 Å². The average Bonchev–Trinajstić information content (AvgIpc) is 1.90. The summed E-state index contributed by atoms with van der Waals surface area (Å²) in [6, 6.07) is 0. The van der Waals surface area contributed by atoms with Crippen LogP contribution in [-0.4, -0.2) is 14.3 Å². The molecule has 0 aromatic carbocycles. The van der Waals surface area contributed by atoms with Crippen molar-refractivity contribution in [3.8, 4) is 0 Å². The van der Waals surface area contributed by atoms with Gasteiger partial charge in [-0.15, -0.1) is 0 Å². The van der Waals surface area contributed by atoms with E-state index in [1.165, 1.54) is 0 Å². The lowest BCUT2D eigenvalue weighted by molar-refractivity contribution is -0.117. The first kappa shape index (κ1) is 12.8. The Labute approximate surface area is 67.4 Å². The molecule has 0 aromatic heterocycles. The molecule has 4 nitrogen and oxygen atoms in total. The molecule has 66 valence electrons. The van der Waals surface area contributed by atoms with E-state index in [9.17, 15) is 13.2 Å². The van der Waals surface area contributed by atoms with E-state index in [1.807, 2.05) is 13.8 Å². The van der Waals surface area contributed by atoms with Gasteiger partial charge in [-0.1, -0.05) is 20.4 Å². The molecule has 0 bridgehead atoms. The van der Waals surface area contributed by atoms with Crippen LogP contribution < -0.4 is 4.72 Å². The minimum absolute atomic E-state index is 0.616. The summed E-state index contributed by atoms with van der Waals surface area (Å²) >= 11 is 0. The van der Waals surface area contributed by atoms with Gasteiger partial charge in [0.1, 0.15) is 0 Å². The van der Waals surface area contributed by atoms with Crippen LogP contribution in [0.3, 0.4) is 0 Å². The average molecular weight is 179 g/mol. The van der Waals surface area contributed by atoms with Crippen LogP contribution in [0, 0.1) is 0 Å². The fourth-order valence-electron chi connectivity index (χ4n) is 0.242. The van der Waals surface area contributed by atoms with E-state index in [0.717, 1.165) is 6.92 Å². The molecule has 0 spiro atoms. The van der Waals surface area contributed by atoms with E-state index in [-0.39, 0.29) is 0 Å². The topological polar surface area (TPSA) is 63.2 Å². The largest absolute Gasteiger partial charge is 0.274 e. The van der Waals surface area contributed by atoms with Crippen molar-refractivity contribution in [3.05, 3.63) is 12.0 Å². The number of nitrogens with one attached hydrogen (secondary N) is 1. The molecule has 0 aliphatic heterocycles. The molecule has 1 N–H and O–H groups in total. The predicted molar refractivity (Wildman–Crippen MR) is 44.3 cm³/mol. The third-order valence-corrected chi connectivity index (χ3v) is 1.52. The van der Waals surface area contributed by atoms with Crippen LogP contribution in [0.5, 0.6) is 0 Å². The zero-order valence-corrected chi connectivity index (χ0v) is 7.73. The number of sulfonamides is 1. The molecule has 0 rings (SSSR count). The normalized spacial score (nSPS) is 9.00. The van der Waals surface area contributed by atoms with Gasteiger partial charge in [0.15, 0.2) is 0 Å². The summed E-state index contributed by atoms with van der Waals surface area (Å²) in [5.74, 6) is -0.616. The highest BCUT2D eigenvalue weighted by molar-refractivity contribution is 7.92. The number of hydrogen-bond acceptors (Lipinski definition) is 3. The SMILES string of the molecule is C=CS(=O)(=O)NC(C)=O.CC. The summed E-state index contributed by atoms with van der Waals surface area (Å²) in [5, 5.41) is 0.675. The second-order valence-electron chi connectivity index (χ2n) is 1.37. The molecule has 0 aliphatic rings. The van der Waals surface area contributed by atoms with Crippen molar-refractivity contribution in [2.75, 3.05) is 0 Å². The summed E-state index contributed by atoms with van der Waals surface area (Å²) in [4.78, 5) is 10.1. The van der Waals surface area contributed by atoms with Crippen LogP contribution in [-0.2, 0) is 14.8 Å². The maximum atomic E-state index is 10.4. The third kappa shape index (κ3) is 9.16. The third-order valence-electron chi connectivity index (χ3n) is 0.505. The highest BCUT2D eigenvalue weighted by atomic mass is 32.2. The molecule has 0 saturated heterocycles. The van der Waals surface area contributed by atoms with Gasteiger partial charge in [0.25, 0.3) is 10.0 Å². The minimum Gasteiger partial charge on any atom is -0.274 e. The van der Waals surface area contributed by atoms with E-state index in [0.29, 0.717) is 5.41 Å². The maximum absolute atomic E-state index is 10.4. The summed E-state index contributed by atoms with van der Waals surface area (Å²) in [6.07, 6.45) is 0. The molecule has 0 radical (unpaired) electrons. The fourth-order valence-corrected chi connectivity index (χ4v) is 0.726. The van der Waals surface area contributed by atoms with Crippen LogP contribution >= 0.6 is 0 Å². The van der Waals surface area contributed by atoms with Crippen molar-refractivity contribution in [1.82, 2.24) is 4.72 Å². The Morgan fingerprint density at radius 3 is 1.91 bits per heavy atom. The zero-order valence-electron chi connectivity index (χ0n) is 6.92.